The first-order valence-corrected chi connectivity index (χ1v) is 7.31. The molecule has 1 aromatic heterocycles. The number of aromatic nitrogens is 1. The number of pyridine rings is 1. The van der Waals surface area contributed by atoms with Gasteiger partial charge in [-0.25, -0.2) is 4.98 Å². The number of thioether (sulfide) groups is 1. The van der Waals surface area contributed by atoms with Crippen molar-refractivity contribution in [2.75, 3.05) is 29.9 Å². The molecule has 19 heavy (non-hydrogen) atoms. The highest BCUT2D eigenvalue weighted by Gasteiger charge is 2.03. The van der Waals surface area contributed by atoms with Gasteiger partial charge < -0.3 is 10.6 Å². The molecule has 0 aliphatic carbocycles. The summed E-state index contributed by atoms with van der Waals surface area (Å²) in [5, 5.41) is 14.9. The van der Waals surface area contributed by atoms with Crippen molar-refractivity contribution in [3.8, 4) is 6.07 Å². The average molecular weight is 319 g/mol. The molecule has 0 radical (unpaired) electrons. The van der Waals surface area contributed by atoms with Gasteiger partial charge in [0.05, 0.1) is 27.6 Å². The van der Waals surface area contributed by atoms with Gasteiger partial charge in [0.2, 0.25) is 5.91 Å². The topological polar surface area (TPSA) is 77.8 Å². The van der Waals surface area contributed by atoms with Crippen LogP contribution in [0.4, 0.5) is 5.82 Å². The number of amides is 1. The van der Waals surface area contributed by atoms with Crippen molar-refractivity contribution in [3.05, 3.63) is 22.3 Å². The van der Waals surface area contributed by atoms with Gasteiger partial charge in [-0.2, -0.15) is 5.26 Å². The summed E-state index contributed by atoms with van der Waals surface area (Å²) in [5.74, 6) is 1.03. The third kappa shape index (κ3) is 6.53. The highest BCUT2D eigenvalue weighted by atomic mass is 35.5. The second kappa shape index (κ2) is 8.86. The molecule has 1 aromatic rings. The van der Waals surface area contributed by atoms with Crippen LogP contribution < -0.4 is 10.6 Å². The Morgan fingerprint density at radius 2 is 2.26 bits per heavy atom. The van der Waals surface area contributed by atoms with Crippen LogP contribution in [0.2, 0.25) is 10.0 Å². The Kier molecular flexibility index (Phi) is 7.41. The summed E-state index contributed by atoms with van der Waals surface area (Å²) in [7, 11) is 0. The second-order valence-electron chi connectivity index (χ2n) is 3.41. The van der Waals surface area contributed by atoms with Gasteiger partial charge in [0, 0.05) is 19.3 Å². The molecule has 0 saturated carbocycles. The Bertz CT molecular complexity index is 478. The lowest BCUT2D eigenvalue weighted by Gasteiger charge is -2.08. The number of nitriles is 1. The van der Waals surface area contributed by atoms with Gasteiger partial charge in [-0.05, 0) is 6.07 Å². The van der Waals surface area contributed by atoms with Crippen LogP contribution in [-0.4, -0.2) is 35.5 Å². The summed E-state index contributed by atoms with van der Waals surface area (Å²) in [6.45, 7) is 0.954. The molecular weight excluding hydrogens is 307 g/mol. The van der Waals surface area contributed by atoms with Crippen LogP contribution in [-0.2, 0) is 4.79 Å². The minimum Gasteiger partial charge on any atom is -0.367 e. The molecule has 2 N–H and O–H groups in total. The summed E-state index contributed by atoms with van der Waals surface area (Å²) in [6.07, 6.45) is 1.49. The maximum absolute atomic E-state index is 11.3. The van der Waals surface area contributed by atoms with Crippen LogP contribution in [0.25, 0.3) is 0 Å². The number of anilines is 1. The third-order valence-corrected chi connectivity index (χ3v) is 3.24. The second-order valence-corrected chi connectivity index (χ2v) is 5.24. The van der Waals surface area contributed by atoms with E-state index in [1.165, 1.54) is 18.0 Å². The van der Waals surface area contributed by atoms with Crippen LogP contribution >= 0.6 is 35.0 Å². The van der Waals surface area contributed by atoms with Gasteiger partial charge in [-0.15, -0.1) is 11.8 Å². The van der Waals surface area contributed by atoms with Crippen molar-refractivity contribution in [2.24, 2.45) is 0 Å². The number of hydrogen-bond donors (Lipinski definition) is 2. The lowest BCUT2D eigenvalue weighted by molar-refractivity contribution is -0.118. The van der Waals surface area contributed by atoms with Gasteiger partial charge >= 0.3 is 0 Å². The van der Waals surface area contributed by atoms with E-state index in [4.69, 9.17) is 28.5 Å². The molecule has 1 heterocycles. The third-order valence-electron chi connectivity index (χ3n) is 1.95. The maximum Gasteiger partial charge on any atom is 0.230 e. The molecule has 0 saturated heterocycles. The monoisotopic (exact) mass is 318 g/mol. The van der Waals surface area contributed by atoms with Gasteiger partial charge in [0.15, 0.2) is 0 Å². The zero-order chi connectivity index (χ0) is 14.1. The highest BCUT2D eigenvalue weighted by molar-refractivity contribution is 8.00. The van der Waals surface area contributed by atoms with Gasteiger partial charge in [0.1, 0.15) is 5.82 Å². The molecule has 5 nitrogen and oxygen atoms in total. The molecule has 0 spiro atoms. The van der Waals surface area contributed by atoms with Gasteiger partial charge in [-0.1, -0.05) is 23.2 Å². The zero-order valence-corrected chi connectivity index (χ0v) is 12.3. The molecule has 102 valence electrons. The Hall–Kier alpha value is -1.16. The summed E-state index contributed by atoms with van der Waals surface area (Å²) in [4.78, 5) is 15.3. The number of rotatable bonds is 7. The van der Waals surface area contributed by atoms with E-state index in [2.05, 4.69) is 15.6 Å². The molecule has 0 fully saturated rings. The summed E-state index contributed by atoms with van der Waals surface area (Å²) in [5.41, 5.74) is 0. The van der Waals surface area contributed by atoms with Crippen molar-refractivity contribution in [1.29, 1.82) is 5.26 Å². The largest absolute Gasteiger partial charge is 0.367 e. The van der Waals surface area contributed by atoms with Crippen molar-refractivity contribution >= 4 is 46.7 Å². The first-order valence-electron chi connectivity index (χ1n) is 5.40. The minimum atomic E-state index is -0.0998. The SMILES string of the molecule is N#CCSCC(=O)NCCNc1ncc(Cl)cc1Cl. The van der Waals surface area contributed by atoms with Crippen molar-refractivity contribution < 1.29 is 4.79 Å². The Morgan fingerprint density at radius 3 is 2.95 bits per heavy atom. The van der Waals surface area contributed by atoms with Crippen LogP contribution in [0.5, 0.6) is 0 Å². The fourth-order valence-electron chi connectivity index (χ4n) is 1.17. The van der Waals surface area contributed by atoms with Gasteiger partial charge in [-0.3, -0.25) is 4.79 Å². The standard InChI is InChI=1S/C11H12Cl2N4OS/c12-8-5-9(13)11(17-6-8)16-3-2-15-10(18)7-19-4-1-14/h5-6H,2-4,7H2,(H,15,18)(H,16,17). The molecule has 0 bridgehead atoms. The smallest absolute Gasteiger partial charge is 0.230 e. The number of carbonyl (C=O) groups is 1. The molecule has 0 atom stereocenters. The molecule has 1 amide bonds. The number of carbonyl (C=O) groups excluding carboxylic acids is 1. The van der Waals surface area contributed by atoms with E-state index in [0.29, 0.717) is 34.7 Å². The quantitative estimate of drug-likeness (QED) is 0.753. The van der Waals surface area contributed by atoms with E-state index in [0.717, 1.165) is 0 Å². The molecular formula is C11H12Cl2N4OS. The molecule has 0 unspecified atom stereocenters. The van der Waals surface area contributed by atoms with Crippen LogP contribution in [0.15, 0.2) is 12.3 Å². The average Bonchev–Trinajstić information content (AvgIpc) is 2.37. The van der Waals surface area contributed by atoms with Crippen molar-refractivity contribution in [3.63, 3.8) is 0 Å². The number of nitrogens with zero attached hydrogens (tertiary/aromatic N) is 2. The predicted octanol–water partition coefficient (Wildman–Crippen LogP) is 2.17. The predicted molar refractivity (Wildman–Crippen MR) is 78.7 cm³/mol. The Balaban J connectivity index is 2.20. The van der Waals surface area contributed by atoms with E-state index in [-0.39, 0.29) is 11.7 Å². The van der Waals surface area contributed by atoms with E-state index < -0.39 is 0 Å². The fourth-order valence-corrected chi connectivity index (χ4v) is 2.10. The van der Waals surface area contributed by atoms with E-state index in [1.54, 1.807) is 6.07 Å². The first-order chi connectivity index (χ1) is 9.13. The maximum atomic E-state index is 11.3. The van der Waals surface area contributed by atoms with Crippen molar-refractivity contribution in [2.45, 2.75) is 0 Å². The van der Waals surface area contributed by atoms with Crippen LogP contribution in [0.1, 0.15) is 0 Å². The summed E-state index contributed by atoms with van der Waals surface area (Å²) >= 11 is 12.9. The van der Waals surface area contributed by atoms with Crippen molar-refractivity contribution in [1.82, 2.24) is 10.3 Å². The molecule has 0 aliphatic rings. The molecule has 0 aliphatic heterocycles. The van der Waals surface area contributed by atoms with E-state index in [9.17, 15) is 4.79 Å². The van der Waals surface area contributed by atoms with E-state index in [1.807, 2.05) is 6.07 Å². The Labute approximate surface area is 125 Å². The highest BCUT2D eigenvalue weighted by Crippen LogP contribution is 2.21. The minimum absolute atomic E-state index is 0.0998. The van der Waals surface area contributed by atoms with E-state index >= 15 is 0 Å². The lowest BCUT2D eigenvalue weighted by Crippen LogP contribution is -2.30. The summed E-state index contributed by atoms with van der Waals surface area (Å²) in [6, 6.07) is 3.55. The zero-order valence-electron chi connectivity index (χ0n) is 9.95. The Morgan fingerprint density at radius 1 is 1.47 bits per heavy atom. The van der Waals surface area contributed by atoms with Crippen LogP contribution in [0, 0.1) is 11.3 Å². The van der Waals surface area contributed by atoms with Gasteiger partial charge in [0.25, 0.3) is 0 Å². The normalized spacial score (nSPS) is 9.74. The fraction of sp³-hybridized carbons (Fsp3) is 0.364. The molecule has 8 heteroatoms. The number of nitrogens with one attached hydrogen (secondary N) is 2. The first kappa shape index (κ1) is 15.9. The molecule has 0 aromatic carbocycles. The summed E-state index contributed by atoms with van der Waals surface area (Å²) < 4.78 is 0. The molecule has 1 rings (SSSR count). The number of hydrogen-bond acceptors (Lipinski definition) is 5. The number of halogens is 2. The van der Waals surface area contributed by atoms with Crippen LogP contribution in [0.3, 0.4) is 0 Å². The lowest BCUT2D eigenvalue weighted by atomic mass is 10.4.